The average molecular weight is 456 g/mol. The SMILES string of the molecule is CCN(CC)CCN1C(=O)C(O)=C(C(=O)c2ccc(C)o2)C1c1ccc(OCC(N)=O)cc1. The smallest absolute Gasteiger partial charge is 0.290 e. The highest BCUT2D eigenvalue weighted by atomic mass is 16.5. The number of furan rings is 1. The second kappa shape index (κ2) is 10.4. The molecule has 0 saturated heterocycles. The lowest BCUT2D eigenvalue weighted by molar-refractivity contribution is -0.129. The molecule has 1 aliphatic rings. The Morgan fingerprint density at radius 2 is 1.82 bits per heavy atom. The van der Waals surface area contributed by atoms with Gasteiger partial charge in [0.1, 0.15) is 11.5 Å². The number of benzene rings is 1. The van der Waals surface area contributed by atoms with Crippen molar-refractivity contribution < 1.29 is 28.6 Å². The largest absolute Gasteiger partial charge is 0.503 e. The van der Waals surface area contributed by atoms with Gasteiger partial charge in [-0.3, -0.25) is 14.4 Å². The number of rotatable bonds is 11. The minimum atomic E-state index is -0.795. The van der Waals surface area contributed by atoms with Crippen LogP contribution in [0.5, 0.6) is 5.75 Å². The molecule has 2 heterocycles. The summed E-state index contributed by atoms with van der Waals surface area (Å²) in [7, 11) is 0. The number of likely N-dealkylation sites (N-methyl/N-ethyl adjacent to an activating group) is 1. The number of nitrogens with two attached hydrogens (primary N) is 1. The van der Waals surface area contributed by atoms with Gasteiger partial charge < -0.3 is 29.8 Å². The van der Waals surface area contributed by atoms with Gasteiger partial charge in [0.25, 0.3) is 11.8 Å². The van der Waals surface area contributed by atoms with Crippen molar-refractivity contribution in [2.24, 2.45) is 5.73 Å². The zero-order valence-electron chi connectivity index (χ0n) is 19.0. The molecule has 9 nitrogen and oxygen atoms in total. The number of ether oxygens (including phenoxy) is 1. The van der Waals surface area contributed by atoms with Crippen LogP contribution in [0.1, 0.15) is 41.8 Å². The minimum absolute atomic E-state index is 0.0281. The summed E-state index contributed by atoms with van der Waals surface area (Å²) >= 11 is 0. The van der Waals surface area contributed by atoms with Crippen LogP contribution in [0.2, 0.25) is 0 Å². The van der Waals surface area contributed by atoms with E-state index in [2.05, 4.69) is 4.90 Å². The Hall–Kier alpha value is -3.59. The summed E-state index contributed by atoms with van der Waals surface area (Å²) in [6, 6.07) is 9.02. The van der Waals surface area contributed by atoms with Crippen molar-refractivity contribution in [3.63, 3.8) is 0 Å². The molecule has 1 aromatic carbocycles. The molecular weight excluding hydrogens is 426 g/mol. The van der Waals surface area contributed by atoms with E-state index in [1.54, 1.807) is 37.3 Å². The fraction of sp³-hybridized carbons (Fsp3) is 0.375. The lowest BCUT2D eigenvalue weighted by Crippen LogP contribution is -2.38. The van der Waals surface area contributed by atoms with Crippen LogP contribution in [0.25, 0.3) is 0 Å². The maximum Gasteiger partial charge on any atom is 0.290 e. The third-order valence-electron chi connectivity index (χ3n) is 5.64. The lowest BCUT2D eigenvalue weighted by Gasteiger charge is -2.29. The molecule has 0 bridgehead atoms. The first-order chi connectivity index (χ1) is 15.8. The molecule has 3 N–H and O–H groups in total. The Kier molecular flexibility index (Phi) is 7.55. The van der Waals surface area contributed by atoms with E-state index >= 15 is 0 Å². The summed E-state index contributed by atoms with van der Waals surface area (Å²) in [6.45, 7) is 8.04. The van der Waals surface area contributed by atoms with E-state index in [0.29, 0.717) is 30.2 Å². The van der Waals surface area contributed by atoms with Gasteiger partial charge in [0.15, 0.2) is 18.1 Å². The number of aliphatic hydroxyl groups excluding tert-OH is 1. The van der Waals surface area contributed by atoms with Gasteiger partial charge in [0.05, 0.1) is 11.6 Å². The van der Waals surface area contributed by atoms with E-state index in [1.807, 2.05) is 13.8 Å². The number of primary amides is 1. The number of ketones is 1. The molecule has 0 aliphatic carbocycles. The maximum absolute atomic E-state index is 13.3. The van der Waals surface area contributed by atoms with Crippen LogP contribution < -0.4 is 10.5 Å². The maximum atomic E-state index is 13.3. The number of aliphatic hydroxyl groups is 1. The van der Waals surface area contributed by atoms with Gasteiger partial charge in [-0.1, -0.05) is 26.0 Å². The monoisotopic (exact) mass is 455 g/mol. The van der Waals surface area contributed by atoms with E-state index in [-0.39, 0.29) is 17.9 Å². The van der Waals surface area contributed by atoms with Crippen molar-refractivity contribution in [2.75, 3.05) is 32.8 Å². The van der Waals surface area contributed by atoms with E-state index in [9.17, 15) is 19.5 Å². The third-order valence-corrected chi connectivity index (χ3v) is 5.64. The summed E-state index contributed by atoms with van der Waals surface area (Å²) in [6.07, 6.45) is 0. The van der Waals surface area contributed by atoms with Crippen molar-refractivity contribution in [3.05, 3.63) is 64.8 Å². The van der Waals surface area contributed by atoms with Gasteiger partial charge >= 0.3 is 0 Å². The molecule has 0 radical (unpaired) electrons. The van der Waals surface area contributed by atoms with Crippen molar-refractivity contribution in [3.8, 4) is 5.75 Å². The molecular formula is C24H29N3O6. The van der Waals surface area contributed by atoms with E-state index in [1.165, 1.54) is 11.0 Å². The van der Waals surface area contributed by atoms with Crippen molar-refractivity contribution in [2.45, 2.75) is 26.8 Å². The van der Waals surface area contributed by atoms with Crippen molar-refractivity contribution >= 4 is 17.6 Å². The highest BCUT2D eigenvalue weighted by Gasteiger charge is 2.44. The van der Waals surface area contributed by atoms with Crippen LogP contribution in [0.3, 0.4) is 0 Å². The fourth-order valence-corrected chi connectivity index (χ4v) is 3.84. The molecule has 9 heteroatoms. The Labute approximate surface area is 192 Å². The number of aryl methyl sites for hydroxylation is 1. The predicted molar refractivity (Wildman–Crippen MR) is 121 cm³/mol. The zero-order valence-corrected chi connectivity index (χ0v) is 19.0. The molecule has 176 valence electrons. The molecule has 1 aromatic heterocycles. The normalized spacial score (nSPS) is 16.1. The molecule has 2 aromatic rings. The summed E-state index contributed by atoms with van der Waals surface area (Å²) in [5.41, 5.74) is 5.70. The van der Waals surface area contributed by atoms with Gasteiger partial charge in [-0.05, 0) is 49.8 Å². The molecule has 0 saturated carbocycles. The molecule has 2 amide bonds. The lowest BCUT2D eigenvalue weighted by atomic mass is 9.95. The average Bonchev–Trinajstić information content (AvgIpc) is 3.34. The van der Waals surface area contributed by atoms with Gasteiger partial charge in [-0.2, -0.15) is 0 Å². The van der Waals surface area contributed by atoms with E-state index in [4.69, 9.17) is 14.9 Å². The van der Waals surface area contributed by atoms with Gasteiger partial charge in [0.2, 0.25) is 5.78 Å². The highest BCUT2D eigenvalue weighted by molar-refractivity contribution is 6.15. The zero-order chi connectivity index (χ0) is 24.1. The molecule has 0 fully saturated rings. The van der Waals surface area contributed by atoms with Crippen molar-refractivity contribution in [1.29, 1.82) is 0 Å². The van der Waals surface area contributed by atoms with Crippen LogP contribution in [0.15, 0.2) is 52.1 Å². The second-order valence-corrected chi connectivity index (χ2v) is 7.75. The summed E-state index contributed by atoms with van der Waals surface area (Å²) in [5, 5.41) is 10.7. The Morgan fingerprint density at radius 1 is 1.15 bits per heavy atom. The number of Topliss-reactive ketones (excluding diaryl/α,β-unsaturated/α-hetero) is 1. The quantitative estimate of drug-likeness (QED) is 0.498. The highest BCUT2D eigenvalue weighted by Crippen LogP contribution is 2.39. The number of hydrogen-bond acceptors (Lipinski definition) is 7. The number of nitrogens with zero attached hydrogens (tertiary/aromatic N) is 2. The summed E-state index contributed by atoms with van der Waals surface area (Å²) in [4.78, 5) is 40.9. The molecule has 3 rings (SSSR count). The fourth-order valence-electron chi connectivity index (χ4n) is 3.84. The Balaban J connectivity index is 1.96. The van der Waals surface area contributed by atoms with Gasteiger partial charge in [0, 0.05) is 13.1 Å². The van der Waals surface area contributed by atoms with Crippen LogP contribution >= 0.6 is 0 Å². The van der Waals surface area contributed by atoms with Crippen LogP contribution in [-0.2, 0) is 9.59 Å². The van der Waals surface area contributed by atoms with Gasteiger partial charge in [-0.25, -0.2) is 0 Å². The number of carbonyl (C=O) groups excluding carboxylic acids is 3. The first-order valence-electron chi connectivity index (χ1n) is 10.8. The standard InChI is InChI=1S/C24H29N3O6/c1-4-26(5-2)12-13-27-21(16-7-9-17(10-8-16)32-14-19(25)28)20(23(30)24(27)31)22(29)18-11-6-15(3)33-18/h6-11,21,30H,4-5,12-14H2,1-3H3,(H2,25,28). The number of amides is 2. The Morgan fingerprint density at radius 3 is 2.36 bits per heavy atom. The molecule has 0 spiro atoms. The molecule has 1 atom stereocenters. The van der Waals surface area contributed by atoms with Crippen LogP contribution in [-0.4, -0.2) is 65.3 Å². The summed E-state index contributed by atoms with van der Waals surface area (Å²) in [5.74, 6) is -1.30. The molecule has 1 unspecified atom stereocenters. The van der Waals surface area contributed by atoms with Crippen molar-refractivity contribution in [1.82, 2.24) is 9.80 Å². The summed E-state index contributed by atoms with van der Waals surface area (Å²) < 4.78 is 10.8. The molecule has 33 heavy (non-hydrogen) atoms. The van der Waals surface area contributed by atoms with Gasteiger partial charge in [-0.15, -0.1) is 0 Å². The van der Waals surface area contributed by atoms with Crippen LogP contribution in [0, 0.1) is 6.92 Å². The third kappa shape index (κ3) is 5.25. The first kappa shape index (κ1) is 24.1. The topological polar surface area (TPSA) is 126 Å². The predicted octanol–water partition coefficient (Wildman–Crippen LogP) is 2.37. The van der Waals surface area contributed by atoms with Crippen LogP contribution in [0.4, 0.5) is 0 Å². The minimum Gasteiger partial charge on any atom is -0.503 e. The second-order valence-electron chi connectivity index (χ2n) is 7.75. The number of hydrogen-bond donors (Lipinski definition) is 2. The van der Waals surface area contributed by atoms with E-state index in [0.717, 1.165) is 13.1 Å². The Bertz CT molecular complexity index is 1050. The number of carbonyl (C=O) groups is 3. The van der Waals surface area contributed by atoms with E-state index < -0.39 is 29.4 Å². The first-order valence-corrected chi connectivity index (χ1v) is 10.8. The molecule has 1 aliphatic heterocycles.